The highest BCUT2D eigenvalue weighted by Gasteiger charge is 2.09. The second kappa shape index (κ2) is 4.65. The van der Waals surface area contributed by atoms with Crippen LogP contribution in [0, 0.1) is 0 Å². The number of carbonyl (C=O) groups excluding carboxylic acids is 1. The molecule has 0 spiro atoms. The van der Waals surface area contributed by atoms with Crippen molar-refractivity contribution in [3.05, 3.63) is 42.0 Å². The zero-order valence-corrected chi connectivity index (χ0v) is 9.25. The topological polar surface area (TPSA) is 59.4 Å². The van der Waals surface area contributed by atoms with Crippen molar-refractivity contribution in [1.82, 2.24) is 4.98 Å². The molecule has 2 rings (SSSR count). The first-order valence-corrected chi connectivity index (χ1v) is 5.05. The van der Waals surface area contributed by atoms with E-state index in [4.69, 9.17) is 4.74 Å². The summed E-state index contributed by atoms with van der Waals surface area (Å²) in [6.45, 7) is 0. The molecule has 0 unspecified atom stereocenters. The molecule has 0 fully saturated rings. The van der Waals surface area contributed by atoms with Crippen LogP contribution in [0.2, 0.25) is 0 Å². The smallest absolute Gasteiger partial charge is 0.213 e. The number of phenolic OH excluding ortho intramolecular Hbond substituents is 1. The number of nitrogens with zero attached hydrogens (tertiary/aromatic N) is 1. The largest absolute Gasteiger partial charge is 0.506 e. The van der Waals surface area contributed by atoms with Crippen molar-refractivity contribution in [2.24, 2.45) is 0 Å². The summed E-state index contributed by atoms with van der Waals surface area (Å²) in [7, 11) is 1.52. The Bertz CT molecular complexity index is 552. The van der Waals surface area contributed by atoms with E-state index in [9.17, 15) is 9.90 Å². The predicted molar refractivity (Wildman–Crippen MR) is 63.3 cm³/mol. The molecular formula is C13H11NO3. The van der Waals surface area contributed by atoms with Gasteiger partial charge in [-0.25, -0.2) is 4.98 Å². The number of methoxy groups -OCH3 is 1. The molecular weight excluding hydrogens is 218 g/mol. The zero-order valence-electron chi connectivity index (χ0n) is 9.25. The van der Waals surface area contributed by atoms with Crippen LogP contribution in [0.1, 0.15) is 10.4 Å². The summed E-state index contributed by atoms with van der Waals surface area (Å²) >= 11 is 0. The van der Waals surface area contributed by atoms with Crippen LogP contribution in [0.4, 0.5) is 0 Å². The Morgan fingerprint density at radius 2 is 2.00 bits per heavy atom. The molecule has 0 aliphatic carbocycles. The zero-order chi connectivity index (χ0) is 12.3. The number of aromatic nitrogens is 1. The summed E-state index contributed by atoms with van der Waals surface area (Å²) < 4.78 is 5.01. The molecule has 0 bridgehead atoms. The second-order valence-corrected chi connectivity index (χ2v) is 3.43. The Labute approximate surface area is 98.5 Å². The van der Waals surface area contributed by atoms with Crippen LogP contribution in [0.5, 0.6) is 11.6 Å². The number of carbonyl (C=O) groups is 1. The number of pyridine rings is 1. The number of benzene rings is 1. The van der Waals surface area contributed by atoms with Gasteiger partial charge in [0.1, 0.15) is 5.75 Å². The van der Waals surface area contributed by atoms with Crippen LogP contribution in [0.15, 0.2) is 36.4 Å². The fraction of sp³-hybridized carbons (Fsp3) is 0.0769. The maximum Gasteiger partial charge on any atom is 0.213 e. The Morgan fingerprint density at radius 3 is 2.71 bits per heavy atom. The summed E-state index contributed by atoms with van der Waals surface area (Å²) in [4.78, 5) is 14.9. The Morgan fingerprint density at radius 1 is 1.24 bits per heavy atom. The Hall–Kier alpha value is -2.36. The van der Waals surface area contributed by atoms with Crippen LogP contribution < -0.4 is 4.74 Å². The lowest BCUT2D eigenvalue weighted by Crippen LogP contribution is -1.91. The van der Waals surface area contributed by atoms with Gasteiger partial charge in [-0.1, -0.05) is 12.1 Å². The third-order valence-electron chi connectivity index (χ3n) is 2.40. The normalized spacial score (nSPS) is 9.94. The SMILES string of the molecule is COc1cccc(-c2cccc(C=O)c2O)n1. The summed E-state index contributed by atoms with van der Waals surface area (Å²) in [5, 5.41) is 9.89. The molecule has 1 aromatic heterocycles. The second-order valence-electron chi connectivity index (χ2n) is 3.43. The van der Waals surface area contributed by atoms with E-state index in [0.29, 0.717) is 23.4 Å². The molecule has 4 nitrogen and oxygen atoms in total. The van der Waals surface area contributed by atoms with E-state index < -0.39 is 0 Å². The minimum Gasteiger partial charge on any atom is -0.506 e. The Kier molecular flexibility index (Phi) is 3.05. The van der Waals surface area contributed by atoms with Crippen LogP contribution in [-0.4, -0.2) is 23.5 Å². The van der Waals surface area contributed by atoms with Gasteiger partial charge in [-0.3, -0.25) is 4.79 Å². The number of hydrogen-bond donors (Lipinski definition) is 1. The molecule has 0 radical (unpaired) electrons. The summed E-state index contributed by atoms with van der Waals surface area (Å²) in [6, 6.07) is 10.2. The van der Waals surface area contributed by atoms with E-state index in [-0.39, 0.29) is 11.3 Å². The molecule has 0 aliphatic rings. The standard InChI is InChI=1S/C13H11NO3/c1-17-12-7-3-6-11(14-12)10-5-2-4-9(8-15)13(10)16/h2-8,16H,1H3. The van der Waals surface area contributed by atoms with Crippen molar-refractivity contribution in [1.29, 1.82) is 0 Å². The average Bonchev–Trinajstić information content (AvgIpc) is 2.39. The van der Waals surface area contributed by atoms with Crippen molar-refractivity contribution >= 4 is 6.29 Å². The van der Waals surface area contributed by atoms with Gasteiger partial charge >= 0.3 is 0 Å². The molecule has 1 aromatic carbocycles. The van der Waals surface area contributed by atoms with Gasteiger partial charge in [0.15, 0.2) is 6.29 Å². The molecule has 17 heavy (non-hydrogen) atoms. The predicted octanol–water partition coefficient (Wildman–Crippen LogP) is 2.28. The number of aromatic hydroxyl groups is 1. The van der Waals surface area contributed by atoms with Crippen molar-refractivity contribution < 1.29 is 14.6 Å². The van der Waals surface area contributed by atoms with E-state index in [1.54, 1.807) is 36.4 Å². The number of para-hydroxylation sites is 1. The third kappa shape index (κ3) is 2.10. The molecule has 4 heteroatoms. The van der Waals surface area contributed by atoms with Gasteiger partial charge in [0, 0.05) is 11.6 Å². The van der Waals surface area contributed by atoms with E-state index >= 15 is 0 Å². The van der Waals surface area contributed by atoms with Gasteiger partial charge in [0.05, 0.1) is 18.4 Å². The van der Waals surface area contributed by atoms with Gasteiger partial charge in [-0.15, -0.1) is 0 Å². The first kappa shape index (κ1) is 11.1. The molecule has 0 atom stereocenters. The van der Waals surface area contributed by atoms with Crippen LogP contribution >= 0.6 is 0 Å². The number of rotatable bonds is 3. The van der Waals surface area contributed by atoms with Crippen molar-refractivity contribution in [3.8, 4) is 22.9 Å². The van der Waals surface area contributed by atoms with Gasteiger partial charge in [0.2, 0.25) is 5.88 Å². The van der Waals surface area contributed by atoms with Crippen LogP contribution in [0.3, 0.4) is 0 Å². The summed E-state index contributed by atoms with van der Waals surface area (Å²) in [5.74, 6) is 0.390. The van der Waals surface area contributed by atoms with Gasteiger partial charge < -0.3 is 9.84 Å². The molecule has 0 amide bonds. The van der Waals surface area contributed by atoms with Crippen molar-refractivity contribution in [2.45, 2.75) is 0 Å². The molecule has 0 saturated carbocycles. The molecule has 0 aliphatic heterocycles. The van der Waals surface area contributed by atoms with Crippen LogP contribution in [-0.2, 0) is 0 Å². The maximum absolute atomic E-state index is 10.7. The fourth-order valence-corrected chi connectivity index (χ4v) is 1.54. The van der Waals surface area contributed by atoms with E-state index in [2.05, 4.69) is 4.98 Å². The average molecular weight is 229 g/mol. The Balaban J connectivity index is 2.56. The molecule has 0 saturated heterocycles. The number of phenols is 1. The highest BCUT2D eigenvalue weighted by atomic mass is 16.5. The van der Waals surface area contributed by atoms with Gasteiger partial charge in [-0.2, -0.15) is 0 Å². The summed E-state index contributed by atoms with van der Waals surface area (Å²) in [6.07, 6.45) is 0.610. The van der Waals surface area contributed by atoms with Crippen molar-refractivity contribution in [3.63, 3.8) is 0 Å². The first-order chi connectivity index (χ1) is 8.26. The molecule has 1 heterocycles. The lowest BCUT2D eigenvalue weighted by atomic mass is 10.1. The van der Waals surface area contributed by atoms with E-state index in [0.717, 1.165) is 0 Å². The lowest BCUT2D eigenvalue weighted by Gasteiger charge is -2.06. The monoisotopic (exact) mass is 229 g/mol. The van der Waals surface area contributed by atoms with E-state index in [1.165, 1.54) is 7.11 Å². The number of hydrogen-bond acceptors (Lipinski definition) is 4. The third-order valence-corrected chi connectivity index (χ3v) is 2.40. The van der Waals surface area contributed by atoms with Crippen LogP contribution in [0.25, 0.3) is 11.3 Å². The molecule has 86 valence electrons. The van der Waals surface area contributed by atoms with Crippen molar-refractivity contribution in [2.75, 3.05) is 7.11 Å². The quantitative estimate of drug-likeness (QED) is 0.820. The van der Waals surface area contributed by atoms with Gasteiger partial charge in [0.25, 0.3) is 0 Å². The molecule has 1 N–H and O–H groups in total. The highest BCUT2D eigenvalue weighted by Crippen LogP contribution is 2.30. The number of ether oxygens (including phenoxy) is 1. The van der Waals surface area contributed by atoms with E-state index in [1.807, 2.05) is 0 Å². The van der Waals surface area contributed by atoms with Gasteiger partial charge in [-0.05, 0) is 18.2 Å². The highest BCUT2D eigenvalue weighted by molar-refractivity contribution is 5.84. The lowest BCUT2D eigenvalue weighted by molar-refractivity contribution is 0.112. The fourth-order valence-electron chi connectivity index (χ4n) is 1.54. The summed E-state index contributed by atoms with van der Waals surface area (Å²) in [5.41, 5.74) is 1.31. The minimum atomic E-state index is -0.0664. The molecule has 2 aromatic rings. The first-order valence-electron chi connectivity index (χ1n) is 5.05. The number of aldehydes is 1. The maximum atomic E-state index is 10.7. The minimum absolute atomic E-state index is 0.0664.